The zero-order chi connectivity index (χ0) is 25.3. The van der Waals surface area contributed by atoms with Crippen molar-refractivity contribution in [1.29, 1.82) is 0 Å². The highest BCUT2D eigenvalue weighted by Gasteiger charge is 2.13. The molecular weight excluding hydrogens is 526 g/mol. The summed E-state index contributed by atoms with van der Waals surface area (Å²) in [6.45, 7) is 1.83. The maximum Gasteiger partial charge on any atom is 0.157 e. The van der Waals surface area contributed by atoms with Crippen molar-refractivity contribution < 1.29 is 18.9 Å². The predicted molar refractivity (Wildman–Crippen MR) is 142 cm³/mol. The minimum atomic E-state index is -0.0607. The summed E-state index contributed by atoms with van der Waals surface area (Å²) in [6.07, 6.45) is 8.64. The molecule has 2 aromatic carbocycles. The lowest BCUT2D eigenvalue weighted by atomic mass is 10.2. The van der Waals surface area contributed by atoms with E-state index in [0.29, 0.717) is 18.9 Å². The number of aryl methyl sites for hydroxylation is 1. The first-order chi connectivity index (χ1) is 17.5. The Morgan fingerprint density at radius 2 is 1.94 bits per heavy atom. The van der Waals surface area contributed by atoms with Crippen LogP contribution in [0.25, 0.3) is 22.3 Å². The van der Waals surface area contributed by atoms with Gasteiger partial charge >= 0.3 is 0 Å². The number of hydrogen-bond acceptors (Lipinski definition) is 8. The number of aromatic nitrogens is 4. The van der Waals surface area contributed by atoms with Gasteiger partial charge in [0.1, 0.15) is 18.1 Å². The molecule has 2 aromatic heterocycles. The van der Waals surface area contributed by atoms with E-state index in [1.807, 2.05) is 49.6 Å². The lowest BCUT2D eigenvalue weighted by Crippen LogP contribution is -2.24. The van der Waals surface area contributed by atoms with Gasteiger partial charge in [0.05, 0.1) is 42.8 Å². The van der Waals surface area contributed by atoms with E-state index >= 15 is 0 Å². The summed E-state index contributed by atoms with van der Waals surface area (Å²) in [5, 5.41) is 4.11. The summed E-state index contributed by atoms with van der Waals surface area (Å²) in [6, 6.07) is 11.1. The van der Waals surface area contributed by atoms with Gasteiger partial charge in [0.25, 0.3) is 0 Å². The molecule has 10 heteroatoms. The molecule has 4 aromatic rings. The van der Waals surface area contributed by atoms with Gasteiger partial charge in [0, 0.05) is 41.6 Å². The van der Waals surface area contributed by atoms with Gasteiger partial charge in [0.2, 0.25) is 0 Å². The molecule has 0 bridgehead atoms. The molecule has 0 spiro atoms. The second-order valence-corrected chi connectivity index (χ2v) is 9.16. The Morgan fingerprint density at radius 1 is 1.08 bits per heavy atom. The van der Waals surface area contributed by atoms with Crippen LogP contribution in [0.1, 0.15) is 19.3 Å². The van der Waals surface area contributed by atoms with Crippen LogP contribution < -0.4 is 15.2 Å². The second-order valence-electron chi connectivity index (χ2n) is 8.25. The van der Waals surface area contributed by atoms with E-state index in [1.54, 1.807) is 24.2 Å². The number of methoxy groups -OCH3 is 1. The molecule has 0 amide bonds. The average molecular weight is 556 g/mol. The van der Waals surface area contributed by atoms with Gasteiger partial charge in [-0.25, -0.2) is 4.98 Å². The smallest absolute Gasteiger partial charge is 0.157 e. The minimum absolute atomic E-state index is 0.0607. The van der Waals surface area contributed by atoms with Gasteiger partial charge < -0.3 is 24.7 Å². The van der Waals surface area contributed by atoms with E-state index in [2.05, 4.69) is 31.0 Å². The second kappa shape index (κ2) is 12.7. The lowest BCUT2D eigenvalue weighted by molar-refractivity contribution is -0.165. The normalized spacial score (nSPS) is 15.2. The van der Waals surface area contributed by atoms with Crippen molar-refractivity contribution in [2.75, 3.05) is 32.7 Å². The number of benzene rings is 2. The summed E-state index contributed by atoms with van der Waals surface area (Å²) in [7, 11) is 3.51. The number of fused-ring (bicyclic) bond motifs is 1. The third-order valence-corrected chi connectivity index (χ3v) is 5.90. The van der Waals surface area contributed by atoms with Crippen LogP contribution in [0.15, 0.2) is 59.5 Å². The summed E-state index contributed by atoms with van der Waals surface area (Å²) in [5.41, 5.74) is 9.81. The number of ether oxygens (including phenoxy) is 4. The summed E-state index contributed by atoms with van der Waals surface area (Å²) in [5.74, 6) is 1.53. The van der Waals surface area contributed by atoms with Crippen molar-refractivity contribution in [3.05, 3.63) is 59.5 Å². The molecule has 1 fully saturated rings. The van der Waals surface area contributed by atoms with Crippen LogP contribution in [0.4, 0.5) is 5.69 Å². The van der Waals surface area contributed by atoms with Gasteiger partial charge in [-0.3, -0.25) is 9.67 Å². The highest BCUT2D eigenvalue weighted by molar-refractivity contribution is 9.10. The maximum atomic E-state index is 5.73. The molecule has 2 N–H and O–H groups in total. The third-order valence-electron chi connectivity index (χ3n) is 5.44. The molecule has 9 nitrogen and oxygen atoms in total. The fourth-order valence-corrected chi connectivity index (χ4v) is 4.09. The van der Waals surface area contributed by atoms with Gasteiger partial charge in [-0.15, -0.1) is 0 Å². The zero-order valence-electron chi connectivity index (χ0n) is 20.4. The number of nitrogens with zero attached hydrogens (tertiary/aromatic N) is 4. The van der Waals surface area contributed by atoms with E-state index in [-0.39, 0.29) is 6.29 Å². The first-order valence-electron chi connectivity index (χ1n) is 11.7. The summed E-state index contributed by atoms with van der Waals surface area (Å²) in [4.78, 5) is 8.88. The van der Waals surface area contributed by atoms with E-state index in [0.717, 1.165) is 57.7 Å². The van der Waals surface area contributed by atoms with Crippen molar-refractivity contribution in [2.45, 2.75) is 25.6 Å². The number of hydrogen-bond donors (Lipinski definition) is 1. The highest BCUT2D eigenvalue weighted by atomic mass is 79.9. The van der Waals surface area contributed by atoms with Crippen LogP contribution in [0.2, 0.25) is 0 Å². The summed E-state index contributed by atoms with van der Waals surface area (Å²) >= 11 is 3.41. The first kappa shape index (κ1) is 25.9. The fraction of sp³-hybridized carbons (Fsp3) is 0.346. The van der Waals surface area contributed by atoms with Crippen LogP contribution in [-0.2, 0) is 16.5 Å². The molecule has 1 unspecified atom stereocenters. The number of anilines is 1. The zero-order valence-corrected chi connectivity index (χ0v) is 22.0. The van der Waals surface area contributed by atoms with E-state index in [9.17, 15) is 0 Å². The van der Waals surface area contributed by atoms with Crippen molar-refractivity contribution >= 4 is 32.7 Å². The standard InChI is InChI=1S/C14H19BrO4.C12H11N5/c1-16-12-8-11(15)9-13(10-12)17-6-7-19-14-4-2-3-5-18-14;1-17-7-8(5-15-17)12-6-14-10-3-2-9(13)4-11(10)16-12/h8-10,14H,2-7H2,1H3;2-7H,13H2,1H3. The molecule has 1 atom stereocenters. The number of rotatable bonds is 7. The molecule has 1 saturated heterocycles. The maximum absolute atomic E-state index is 5.73. The Bertz CT molecular complexity index is 1280. The van der Waals surface area contributed by atoms with Crippen molar-refractivity contribution in [3.63, 3.8) is 0 Å². The molecule has 5 rings (SSSR count). The van der Waals surface area contributed by atoms with Gasteiger partial charge in [-0.05, 0) is 49.6 Å². The number of nitrogens with two attached hydrogens (primary N) is 1. The van der Waals surface area contributed by atoms with Crippen molar-refractivity contribution in [2.24, 2.45) is 7.05 Å². The Morgan fingerprint density at radius 3 is 2.69 bits per heavy atom. The van der Waals surface area contributed by atoms with Crippen LogP contribution in [0.3, 0.4) is 0 Å². The highest BCUT2D eigenvalue weighted by Crippen LogP contribution is 2.26. The van der Waals surface area contributed by atoms with Crippen LogP contribution >= 0.6 is 15.9 Å². The lowest BCUT2D eigenvalue weighted by Gasteiger charge is -2.22. The number of nitrogen functional groups attached to an aromatic ring is 1. The van der Waals surface area contributed by atoms with Crippen LogP contribution in [0.5, 0.6) is 11.5 Å². The molecule has 0 aliphatic carbocycles. The average Bonchev–Trinajstić information content (AvgIpc) is 3.33. The van der Waals surface area contributed by atoms with Gasteiger partial charge in [0.15, 0.2) is 6.29 Å². The Labute approximate surface area is 218 Å². The minimum Gasteiger partial charge on any atom is -0.497 e. The molecular formula is C26H30BrN5O4. The topological polar surface area (TPSA) is 107 Å². The first-order valence-corrected chi connectivity index (χ1v) is 12.5. The quantitative estimate of drug-likeness (QED) is 0.251. The van der Waals surface area contributed by atoms with Gasteiger partial charge in [-0.2, -0.15) is 5.10 Å². The monoisotopic (exact) mass is 555 g/mol. The molecule has 0 saturated carbocycles. The largest absolute Gasteiger partial charge is 0.497 e. The Balaban J connectivity index is 0.000000170. The van der Waals surface area contributed by atoms with Crippen molar-refractivity contribution in [3.8, 4) is 22.8 Å². The molecule has 3 heterocycles. The van der Waals surface area contributed by atoms with Crippen molar-refractivity contribution in [1.82, 2.24) is 19.7 Å². The molecule has 1 aliphatic rings. The molecule has 36 heavy (non-hydrogen) atoms. The molecule has 190 valence electrons. The molecule has 0 radical (unpaired) electrons. The van der Waals surface area contributed by atoms with E-state index in [4.69, 9.17) is 24.7 Å². The predicted octanol–water partition coefficient (Wildman–Crippen LogP) is 4.99. The Hall–Kier alpha value is -3.21. The Kier molecular flexibility index (Phi) is 9.10. The van der Waals surface area contributed by atoms with Crippen LogP contribution in [-0.4, -0.2) is 53.0 Å². The fourth-order valence-electron chi connectivity index (χ4n) is 3.64. The number of halogens is 1. The molecule has 1 aliphatic heterocycles. The SMILES string of the molecule is COc1cc(Br)cc(OCCOC2CCCCO2)c1.Cn1cc(-c2cnc3ccc(N)cc3n2)cn1. The van der Waals surface area contributed by atoms with Gasteiger partial charge in [-0.1, -0.05) is 15.9 Å². The third kappa shape index (κ3) is 7.39. The van der Waals surface area contributed by atoms with E-state index in [1.165, 1.54) is 6.42 Å². The van der Waals surface area contributed by atoms with Crippen LogP contribution in [0, 0.1) is 0 Å². The van der Waals surface area contributed by atoms with E-state index < -0.39 is 0 Å². The summed E-state index contributed by atoms with van der Waals surface area (Å²) < 4.78 is 24.6.